The third-order valence-corrected chi connectivity index (χ3v) is 6.74. The minimum Gasteiger partial charge on any atom is -0.370 e. The maximum atomic E-state index is 12.0. The van der Waals surface area contributed by atoms with Crippen LogP contribution in [0, 0.1) is 11.3 Å². The van der Waals surface area contributed by atoms with Crippen LogP contribution in [0.1, 0.15) is 29.6 Å². The number of nitrogens with zero attached hydrogens (tertiary/aromatic N) is 5. The summed E-state index contributed by atoms with van der Waals surface area (Å²) < 4.78 is 0. The van der Waals surface area contributed by atoms with E-state index in [9.17, 15) is 4.79 Å². The first-order valence-electron chi connectivity index (χ1n) is 12.1. The normalized spacial score (nSPS) is 17.8. The lowest BCUT2D eigenvalue weighted by Crippen LogP contribution is -2.35. The van der Waals surface area contributed by atoms with Gasteiger partial charge in [0, 0.05) is 47.8 Å². The predicted molar refractivity (Wildman–Crippen MR) is 137 cm³/mol. The largest absolute Gasteiger partial charge is 0.370 e. The van der Waals surface area contributed by atoms with E-state index in [-0.39, 0.29) is 12.5 Å². The Morgan fingerprint density at radius 1 is 1.03 bits per heavy atom. The number of carbonyl (C=O) groups is 1. The van der Waals surface area contributed by atoms with Gasteiger partial charge >= 0.3 is 0 Å². The predicted octanol–water partition coefficient (Wildman–Crippen LogP) is 3.82. The molecule has 3 aromatic rings. The molecule has 3 heterocycles. The van der Waals surface area contributed by atoms with Crippen molar-refractivity contribution in [1.82, 2.24) is 20.2 Å². The van der Waals surface area contributed by atoms with Crippen molar-refractivity contribution in [3.63, 3.8) is 0 Å². The molecule has 2 aliphatic heterocycles. The van der Waals surface area contributed by atoms with Crippen LogP contribution in [0.25, 0.3) is 11.3 Å². The highest BCUT2D eigenvalue weighted by atomic mass is 16.1. The zero-order chi connectivity index (χ0) is 24.0. The fraction of sp³-hybridized carbons (Fsp3) is 0.333. The summed E-state index contributed by atoms with van der Waals surface area (Å²) in [6.45, 7) is 4.71. The number of nitriles is 1. The van der Waals surface area contributed by atoms with Crippen molar-refractivity contribution in [1.29, 1.82) is 5.26 Å². The van der Waals surface area contributed by atoms with Crippen LogP contribution in [-0.4, -0.2) is 59.5 Å². The van der Waals surface area contributed by atoms with Gasteiger partial charge in [-0.05, 0) is 74.8 Å². The van der Waals surface area contributed by atoms with Crippen LogP contribution in [0.2, 0.25) is 0 Å². The molecular weight excluding hydrogens is 438 g/mol. The summed E-state index contributed by atoms with van der Waals surface area (Å²) in [6.07, 6.45) is 5.64. The average Bonchev–Trinajstić information content (AvgIpc) is 3.61. The Morgan fingerprint density at radius 2 is 1.80 bits per heavy atom. The molecule has 1 aromatic heterocycles. The van der Waals surface area contributed by atoms with Crippen LogP contribution in [0.5, 0.6) is 0 Å². The van der Waals surface area contributed by atoms with Gasteiger partial charge in [-0.25, -0.2) is 9.97 Å². The summed E-state index contributed by atoms with van der Waals surface area (Å²) in [5.41, 5.74) is 4.33. The smallest absolute Gasteiger partial charge is 0.252 e. The highest BCUT2D eigenvalue weighted by molar-refractivity contribution is 5.94. The number of amides is 1. The minimum absolute atomic E-state index is 0.0142. The molecule has 8 nitrogen and oxygen atoms in total. The highest BCUT2D eigenvalue weighted by Gasteiger charge is 2.29. The number of aromatic nitrogens is 2. The average molecular weight is 468 g/mol. The van der Waals surface area contributed by atoms with Gasteiger partial charge in [-0.15, -0.1) is 0 Å². The van der Waals surface area contributed by atoms with Crippen LogP contribution in [0.3, 0.4) is 0 Å². The number of carbonyl (C=O) groups excluding carboxylic acids is 1. The second-order valence-electron chi connectivity index (χ2n) is 8.99. The van der Waals surface area contributed by atoms with Crippen LogP contribution in [0.15, 0.2) is 60.8 Å². The zero-order valence-corrected chi connectivity index (χ0v) is 19.7. The van der Waals surface area contributed by atoms with Gasteiger partial charge in [-0.3, -0.25) is 9.69 Å². The second-order valence-corrected chi connectivity index (χ2v) is 8.99. The molecule has 178 valence electrons. The number of hydrogen-bond acceptors (Lipinski definition) is 7. The minimum atomic E-state index is -0.271. The molecule has 35 heavy (non-hydrogen) atoms. The Bertz CT molecular complexity index is 1200. The molecule has 2 aliphatic rings. The number of hydrogen-bond donors (Lipinski definition) is 2. The van der Waals surface area contributed by atoms with Crippen LogP contribution >= 0.6 is 0 Å². The number of nitrogens with one attached hydrogen (secondary N) is 2. The topological polar surface area (TPSA) is 97.2 Å². The highest BCUT2D eigenvalue weighted by Crippen LogP contribution is 2.27. The maximum absolute atomic E-state index is 12.0. The van der Waals surface area contributed by atoms with Crippen molar-refractivity contribution >= 4 is 23.2 Å². The molecular formula is C27H29N7O. The van der Waals surface area contributed by atoms with E-state index in [1.165, 1.54) is 38.0 Å². The summed E-state index contributed by atoms with van der Waals surface area (Å²) in [5, 5.41) is 14.4. The van der Waals surface area contributed by atoms with Crippen molar-refractivity contribution in [3.8, 4) is 17.3 Å². The van der Waals surface area contributed by atoms with Gasteiger partial charge in [0.2, 0.25) is 5.95 Å². The molecule has 5 rings (SSSR count). The summed E-state index contributed by atoms with van der Waals surface area (Å²) >= 11 is 0. The standard InChI is InChI=1S/C27H29N7O/c28-13-15-29-26(35)21-5-3-20(4-6-21)25-11-14-30-27(32-25)31-22-7-9-23(10-8-22)34-18-12-24(19-34)33-16-1-2-17-33/h3-11,14,24H,1-2,12,15-19H2,(H,29,35)(H,30,31,32)/t24-/m0/s1. The maximum Gasteiger partial charge on any atom is 0.252 e. The lowest BCUT2D eigenvalue weighted by molar-refractivity contribution is 0.0958. The number of benzene rings is 2. The van der Waals surface area contributed by atoms with E-state index in [2.05, 4.69) is 54.7 Å². The Kier molecular flexibility index (Phi) is 6.87. The molecule has 2 fully saturated rings. The molecule has 0 bridgehead atoms. The summed E-state index contributed by atoms with van der Waals surface area (Å²) in [6, 6.07) is 20.0. The van der Waals surface area contributed by atoms with Gasteiger partial charge in [0.05, 0.1) is 11.8 Å². The SMILES string of the molecule is N#CCNC(=O)c1ccc(-c2ccnc(Nc3ccc(N4CC[C@H](N5CCCC5)C4)cc3)n2)cc1. The van der Waals surface area contributed by atoms with Gasteiger partial charge in [-0.1, -0.05) is 12.1 Å². The van der Waals surface area contributed by atoms with Crippen molar-refractivity contribution < 1.29 is 4.79 Å². The lowest BCUT2D eigenvalue weighted by Gasteiger charge is -2.24. The monoisotopic (exact) mass is 467 g/mol. The quantitative estimate of drug-likeness (QED) is 0.510. The molecule has 1 amide bonds. The third-order valence-electron chi connectivity index (χ3n) is 6.74. The Labute approximate surface area is 205 Å². The molecule has 0 unspecified atom stereocenters. The molecule has 1 atom stereocenters. The first-order chi connectivity index (χ1) is 17.2. The van der Waals surface area contributed by atoms with Gasteiger partial charge in [0.15, 0.2) is 0 Å². The molecule has 2 aromatic carbocycles. The molecule has 0 saturated carbocycles. The first kappa shape index (κ1) is 22.8. The Hall–Kier alpha value is -3.96. The van der Waals surface area contributed by atoms with Crippen molar-refractivity contribution in [2.75, 3.05) is 42.9 Å². The number of anilines is 3. The van der Waals surface area contributed by atoms with E-state index < -0.39 is 0 Å². The molecule has 8 heteroatoms. The van der Waals surface area contributed by atoms with E-state index >= 15 is 0 Å². The molecule has 0 aliphatic carbocycles. The van der Waals surface area contributed by atoms with Crippen molar-refractivity contribution in [3.05, 3.63) is 66.4 Å². The van der Waals surface area contributed by atoms with Crippen molar-refractivity contribution in [2.45, 2.75) is 25.3 Å². The lowest BCUT2D eigenvalue weighted by atomic mass is 10.1. The van der Waals surface area contributed by atoms with Gasteiger partial charge in [0.1, 0.15) is 6.54 Å². The third kappa shape index (κ3) is 5.42. The summed E-state index contributed by atoms with van der Waals surface area (Å²) in [7, 11) is 0. The Balaban J connectivity index is 1.21. The Morgan fingerprint density at radius 3 is 2.54 bits per heavy atom. The van der Waals surface area contributed by atoms with E-state index in [4.69, 9.17) is 5.26 Å². The van der Waals surface area contributed by atoms with Gasteiger partial charge in [-0.2, -0.15) is 5.26 Å². The fourth-order valence-corrected chi connectivity index (χ4v) is 4.86. The second kappa shape index (κ2) is 10.5. The number of rotatable bonds is 7. The molecule has 2 N–H and O–H groups in total. The summed E-state index contributed by atoms with van der Waals surface area (Å²) in [4.78, 5) is 26.1. The summed E-state index contributed by atoms with van der Waals surface area (Å²) in [5.74, 6) is 0.244. The first-order valence-corrected chi connectivity index (χ1v) is 12.1. The van der Waals surface area contributed by atoms with E-state index in [0.717, 1.165) is 30.0 Å². The van der Waals surface area contributed by atoms with E-state index in [0.29, 0.717) is 17.6 Å². The van der Waals surface area contributed by atoms with Crippen molar-refractivity contribution in [2.24, 2.45) is 0 Å². The molecule has 0 radical (unpaired) electrons. The molecule has 2 saturated heterocycles. The van der Waals surface area contributed by atoms with Crippen LogP contribution in [0.4, 0.5) is 17.3 Å². The fourth-order valence-electron chi connectivity index (χ4n) is 4.86. The van der Waals surface area contributed by atoms with Gasteiger partial charge in [0.25, 0.3) is 5.91 Å². The zero-order valence-electron chi connectivity index (χ0n) is 19.7. The van der Waals surface area contributed by atoms with Crippen LogP contribution in [-0.2, 0) is 0 Å². The molecule has 0 spiro atoms. The van der Waals surface area contributed by atoms with Crippen LogP contribution < -0.4 is 15.5 Å². The van der Waals surface area contributed by atoms with E-state index in [1.54, 1.807) is 18.3 Å². The van der Waals surface area contributed by atoms with Gasteiger partial charge < -0.3 is 15.5 Å². The number of likely N-dealkylation sites (tertiary alicyclic amines) is 1. The van der Waals surface area contributed by atoms with E-state index in [1.807, 2.05) is 24.3 Å².